The molecule has 0 amide bonds. The summed E-state index contributed by atoms with van der Waals surface area (Å²) in [5.41, 5.74) is 0.917. The average Bonchev–Trinajstić information content (AvgIpc) is 2.90. The van der Waals surface area contributed by atoms with Crippen LogP contribution in [0.4, 0.5) is 0 Å². The summed E-state index contributed by atoms with van der Waals surface area (Å²) in [7, 11) is 3.55. The number of nitrogens with two attached hydrogens (primary N) is 1. The first-order chi connectivity index (χ1) is 17.2. The number of carbonyl (C=O) groups excluding carboxylic acids is 2. The molecule has 2 N–H and O–H groups in total. The number of rotatable bonds is 8. The van der Waals surface area contributed by atoms with Crippen molar-refractivity contribution in [3.63, 3.8) is 0 Å². The highest BCUT2D eigenvalue weighted by Crippen LogP contribution is 2.38. The number of ether oxygens (including phenoxy) is 6. The molecule has 2 aromatic carbocycles. The zero-order chi connectivity index (χ0) is 26.6. The third-order valence-electron chi connectivity index (χ3n) is 6.23. The molecule has 0 spiro atoms. The van der Waals surface area contributed by atoms with Crippen molar-refractivity contribution in [2.75, 3.05) is 42.7 Å². The summed E-state index contributed by atoms with van der Waals surface area (Å²) < 4.78 is 58.9. The monoisotopic (exact) mass is 524 g/mol. The molecular formula is C24H30NO10S+. The minimum Gasteiger partial charge on any atom is -0.493 e. The van der Waals surface area contributed by atoms with Gasteiger partial charge in [-0.3, -0.25) is 9.59 Å². The summed E-state index contributed by atoms with van der Waals surface area (Å²) in [6.07, 6.45) is 0. The van der Waals surface area contributed by atoms with Crippen molar-refractivity contribution >= 4 is 21.8 Å². The van der Waals surface area contributed by atoms with E-state index in [0.717, 1.165) is 14.2 Å². The third kappa shape index (κ3) is 4.78. The minimum atomic E-state index is -4.48. The largest absolute Gasteiger partial charge is 0.493 e. The molecule has 4 atom stereocenters. The Morgan fingerprint density at radius 2 is 1.00 bits per heavy atom. The molecular weight excluding hydrogens is 494 g/mol. The van der Waals surface area contributed by atoms with Crippen LogP contribution in [0.3, 0.4) is 0 Å². The Morgan fingerprint density at radius 3 is 1.31 bits per heavy atom. The summed E-state index contributed by atoms with van der Waals surface area (Å²) in [5, 5.41) is -1.74. The van der Waals surface area contributed by atoms with Gasteiger partial charge in [0.2, 0.25) is 10.5 Å². The number of methoxy groups -OCH3 is 6. The summed E-state index contributed by atoms with van der Waals surface area (Å²) in [5.74, 6) is -0.433. The third-order valence-corrected chi connectivity index (χ3v) is 8.61. The number of benzene rings is 2. The molecule has 1 aliphatic heterocycles. The van der Waals surface area contributed by atoms with Gasteiger partial charge in [-0.2, -0.15) is 0 Å². The summed E-state index contributed by atoms with van der Waals surface area (Å²) >= 11 is 0. The SMILES string of the molecule is COC(=O)[C@@H]1[C@H](c2ccc(OC)c(OC)c2)[NH2+][C@H](c2ccc(OC)c(OC)c2)[C@H](C(=O)OC)S1(=O)=O. The molecule has 196 valence electrons. The number of carbonyl (C=O) groups is 2. The lowest BCUT2D eigenvalue weighted by Crippen LogP contribution is -2.94. The highest BCUT2D eigenvalue weighted by molar-refractivity contribution is 7.94. The fourth-order valence-electron chi connectivity index (χ4n) is 4.48. The lowest BCUT2D eigenvalue weighted by atomic mass is 9.96. The van der Waals surface area contributed by atoms with Gasteiger partial charge in [-0.05, 0) is 36.4 Å². The molecule has 0 radical (unpaired) electrons. The normalized spacial score (nSPS) is 22.7. The molecule has 0 unspecified atom stereocenters. The van der Waals surface area contributed by atoms with Gasteiger partial charge in [-0.1, -0.05) is 0 Å². The molecule has 1 heterocycles. The van der Waals surface area contributed by atoms with Gasteiger partial charge in [0.1, 0.15) is 12.1 Å². The molecule has 1 aliphatic rings. The van der Waals surface area contributed by atoms with Crippen LogP contribution in [-0.4, -0.2) is 73.5 Å². The number of esters is 2. The van der Waals surface area contributed by atoms with E-state index < -0.39 is 44.4 Å². The molecule has 0 bridgehead atoms. The van der Waals surface area contributed by atoms with E-state index in [1.54, 1.807) is 41.7 Å². The molecule has 2 aromatic rings. The van der Waals surface area contributed by atoms with Gasteiger partial charge in [0.25, 0.3) is 0 Å². The molecule has 1 fully saturated rings. The van der Waals surface area contributed by atoms with E-state index in [0.29, 0.717) is 34.1 Å². The molecule has 11 nitrogen and oxygen atoms in total. The van der Waals surface area contributed by atoms with Crippen LogP contribution in [0.2, 0.25) is 0 Å². The Labute approximate surface area is 209 Å². The van der Waals surface area contributed by atoms with Crippen molar-refractivity contribution < 1.29 is 51.7 Å². The predicted octanol–water partition coefficient (Wildman–Crippen LogP) is 0.578. The first-order valence-electron chi connectivity index (χ1n) is 10.9. The van der Waals surface area contributed by atoms with Gasteiger partial charge >= 0.3 is 11.9 Å². The second kappa shape index (κ2) is 11.0. The highest BCUT2D eigenvalue weighted by atomic mass is 32.2. The standard InChI is InChI=1S/C24H29NO10S/c1-30-15-9-7-13(11-17(15)32-3)19-21(23(26)34-5)36(28,29)22(24(27)35-6)20(25-19)14-8-10-16(31-2)18(12-14)33-4/h7-12,19-22,25H,1-6H3/p+1/t19-,20+,21-,22+. The molecule has 36 heavy (non-hydrogen) atoms. The van der Waals surface area contributed by atoms with E-state index in [2.05, 4.69) is 0 Å². The molecule has 0 aromatic heterocycles. The van der Waals surface area contributed by atoms with Crippen molar-refractivity contribution in [2.24, 2.45) is 0 Å². The quantitative estimate of drug-likeness (QED) is 0.488. The topological polar surface area (TPSA) is 140 Å². The maximum atomic E-state index is 13.9. The van der Waals surface area contributed by atoms with Crippen LogP contribution >= 0.6 is 0 Å². The molecule has 12 heteroatoms. The Balaban J connectivity index is 2.25. The fraction of sp³-hybridized carbons (Fsp3) is 0.417. The average molecular weight is 525 g/mol. The molecule has 1 saturated heterocycles. The second-order valence-corrected chi connectivity index (χ2v) is 10.1. The van der Waals surface area contributed by atoms with Crippen molar-refractivity contribution in [3.05, 3.63) is 47.5 Å². The summed E-state index contributed by atoms with van der Waals surface area (Å²) in [6.45, 7) is 0. The first-order valence-corrected chi connectivity index (χ1v) is 12.5. The van der Waals surface area contributed by atoms with Crippen molar-refractivity contribution in [2.45, 2.75) is 22.6 Å². The zero-order valence-corrected chi connectivity index (χ0v) is 21.7. The molecule has 0 aliphatic carbocycles. The van der Waals surface area contributed by atoms with E-state index in [4.69, 9.17) is 28.4 Å². The lowest BCUT2D eigenvalue weighted by molar-refractivity contribution is -0.734. The maximum absolute atomic E-state index is 13.9. The minimum absolute atomic E-state index is 0.349. The number of quaternary nitrogens is 1. The van der Waals surface area contributed by atoms with Crippen LogP contribution in [0, 0.1) is 0 Å². The van der Waals surface area contributed by atoms with Crippen LogP contribution in [0.5, 0.6) is 23.0 Å². The van der Waals surface area contributed by atoms with Crippen LogP contribution in [0.1, 0.15) is 23.2 Å². The Kier molecular flexibility index (Phi) is 8.31. The van der Waals surface area contributed by atoms with Crippen LogP contribution in [0.15, 0.2) is 36.4 Å². The van der Waals surface area contributed by atoms with Gasteiger partial charge in [0, 0.05) is 11.1 Å². The van der Waals surface area contributed by atoms with Gasteiger partial charge in [-0.25, -0.2) is 8.42 Å². The maximum Gasteiger partial charge on any atom is 0.330 e. The Bertz CT molecular complexity index is 1140. The number of sulfone groups is 1. The number of hydrogen-bond acceptors (Lipinski definition) is 10. The van der Waals surface area contributed by atoms with Gasteiger partial charge in [0.05, 0.1) is 42.7 Å². The predicted molar refractivity (Wildman–Crippen MR) is 127 cm³/mol. The highest BCUT2D eigenvalue weighted by Gasteiger charge is 2.60. The molecule has 0 saturated carbocycles. The van der Waals surface area contributed by atoms with E-state index in [9.17, 15) is 18.0 Å². The van der Waals surface area contributed by atoms with Crippen LogP contribution in [-0.2, 0) is 28.9 Å². The zero-order valence-electron chi connectivity index (χ0n) is 20.8. The van der Waals surface area contributed by atoms with Gasteiger partial charge in [0.15, 0.2) is 32.8 Å². The summed E-state index contributed by atoms with van der Waals surface area (Å²) in [4.78, 5) is 25.7. The Hall–Kier alpha value is -3.51. The van der Waals surface area contributed by atoms with E-state index in [1.165, 1.54) is 28.4 Å². The van der Waals surface area contributed by atoms with Crippen LogP contribution < -0.4 is 24.3 Å². The number of hydrogen-bond donors (Lipinski definition) is 1. The van der Waals surface area contributed by atoms with Gasteiger partial charge in [-0.15, -0.1) is 0 Å². The lowest BCUT2D eigenvalue weighted by Gasteiger charge is -2.37. The van der Waals surface area contributed by atoms with Crippen LogP contribution in [0.25, 0.3) is 0 Å². The fourth-order valence-corrected chi connectivity index (χ4v) is 6.84. The summed E-state index contributed by atoms with van der Waals surface area (Å²) in [6, 6.07) is 7.71. The first kappa shape index (κ1) is 27.1. The molecule has 3 rings (SSSR count). The van der Waals surface area contributed by atoms with E-state index in [-0.39, 0.29) is 0 Å². The van der Waals surface area contributed by atoms with Crippen molar-refractivity contribution in [1.29, 1.82) is 0 Å². The van der Waals surface area contributed by atoms with E-state index in [1.807, 2.05) is 0 Å². The van der Waals surface area contributed by atoms with Crippen molar-refractivity contribution in [1.82, 2.24) is 0 Å². The van der Waals surface area contributed by atoms with E-state index >= 15 is 0 Å². The van der Waals surface area contributed by atoms with Gasteiger partial charge < -0.3 is 33.7 Å². The smallest absolute Gasteiger partial charge is 0.330 e. The van der Waals surface area contributed by atoms with Crippen molar-refractivity contribution in [3.8, 4) is 23.0 Å². The Morgan fingerprint density at radius 1 is 0.639 bits per heavy atom. The second-order valence-electron chi connectivity index (χ2n) is 7.95.